The molecule has 2 aliphatic rings. The van der Waals surface area contributed by atoms with E-state index in [0.717, 1.165) is 33.6 Å². The summed E-state index contributed by atoms with van der Waals surface area (Å²) in [6, 6.07) is 19.9. The Morgan fingerprint density at radius 1 is 0.974 bits per heavy atom. The molecule has 1 N–H and O–H groups in total. The molecule has 0 unspecified atom stereocenters. The summed E-state index contributed by atoms with van der Waals surface area (Å²) in [6.07, 6.45) is 0. The standard InChI is InChI=1S/C27H18ClN3O6S2/c28-15-7-5-14(6-8-15)13-37-19-4-2-1-3-18(19)20-21-23(38-24-22(20)39-27(34)29-24)26(33)30(25(21)32)16-9-11-17(12-10-16)31(35)36/h1-12,20-21,23H,13H2,(H,29,34)/t20-,21-,23+/m0/s1. The molecule has 196 valence electrons. The number of rotatable bonds is 6. The zero-order valence-electron chi connectivity index (χ0n) is 19.9. The normalized spacial score (nSPS) is 20.0. The quantitative estimate of drug-likeness (QED) is 0.185. The zero-order chi connectivity index (χ0) is 27.3. The van der Waals surface area contributed by atoms with Gasteiger partial charge in [0.1, 0.15) is 17.6 Å². The molecule has 3 atom stereocenters. The first-order chi connectivity index (χ1) is 18.8. The van der Waals surface area contributed by atoms with Gasteiger partial charge in [-0.25, -0.2) is 4.90 Å². The minimum Gasteiger partial charge on any atom is -0.489 e. The minimum atomic E-state index is -0.808. The predicted octanol–water partition coefficient (Wildman–Crippen LogP) is 5.37. The molecular formula is C27H18ClN3O6S2. The number of aromatic nitrogens is 1. The topological polar surface area (TPSA) is 123 Å². The second-order valence-electron chi connectivity index (χ2n) is 8.99. The van der Waals surface area contributed by atoms with Crippen LogP contribution in [0.2, 0.25) is 5.02 Å². The summed E-state index contributed by atoms with van der Waals surface area (Å²) in [4.78, 5) is 54.7. The SMILES string of the molecule is O=C1[C@H]2[C@H](c3ccccc3OCc3ccc(Cl)cc3)c3sc(=O)[nH]c3S[C@H]2C(=O)N1c1ccc([N+](=O)[O-])cc1. The van der Waals surface area contributed by atoms with Crippen LogP contribution >= 0.6 is 34.7 Å². The van der Waals surface area contributed by atoms with Gasteiger partial charge >= 0.3 is 4.87 Å². The highest BCUT2D eigenvalue weighted by Gasteiger charge is 2.56. The van der Waals surface area contributed by atoms with E-state index < -0.39 is 33.8 Å². The number of anilines is 1. The number of nitrogens with one attached hydrogen (secondary N) is 1. The van der Waals surface area contributed by atoms with Crippen LogP contribution < -0.4 is 14.5 Å². The van der Waals surface area contributed by atoms with Crippen molar-refractivity contribution in [3.05, 3.63) is 114 Å². The molecule has 2 amide bonds. The molecule has 0 saturated carbocycles. The monoisotopic (exact) mass is 579 g/mol. The van der Waals surface area contributed by atoms with Crippen LogP contribution in [0.4, 0.5) is 11.4 Å². The number of non-ortho nitro benzene ring substituents is 1. The molecule has 1 saturated heterocycles. The first-order valence-corrected chi connectivity index (χ1v) is 13.9. The molecule has 4 aromatic rings. The number of aromatic amines is 1. The van der Waals surface area contributed by atoms with Crippen LogP contribution in [0.5, 0.6) is 5.75 Å². The number of amides is 2. The van der Waals surface area contributed by atoms with Gasteiger partial charge in [0.15, 0.2) is 0 Å². The van der Waals surface area contributed by atoms with Gasteiger partial charge in [-0.1, -0.05) is 65.0 Å². The van der Waals surface area contributed by atoms with Crippen LogP contribution in [0, 0.1) is 16.0 Å². The van der Waals surface area contributed by atoms with E-state index in [9.17, 15) is 24.5 Å². The number of nitro benzene ring substituents is 1. The molecule has 3 heterocycles. The van der Waals surface area contributed by atoms with E-state index in [-0.39, 0.29) is 22.9 Å². The molecule has 2 aliphatic heterocycles. The number of thiazole rings is 1. The van der Waals surface area contributed by atoms with Crippen LogP contribution in [0.15, 0.2) is 82.6 Å². The lowest BCUT2D eigenvalue weighted by molar-refractivity contribution is -0.384. The first-order valence-electron chi connectivity index (χ1n) is 11.8. The third kappa shape index (κ3) is 4.52. The fraction of sp³-hybridized carbons (Fsp3) is 0.148. The van der Waals surface area contributed by atoms with Gasteiger partial charge in [-0.3, -0.25) is 24.5 Å². The minimum absolute atomic E-state index is 0.144. The Kier molecular flexibility index (Phi) is 6.49. The summed E-state index contributed by atoms with van der Waals surface area (Å²) >= 11 is 8.17. The summed E-state index contributed by atoms with van der Waals surface area (Å²) < 4.78 is 6.19. The summed E-state index contributed by atoms with van der Waals surface area (Å²) in [5, 5.41) is 11.5. The molecule has 1 aromatic heterocycles. The van der Waals surface area contributed by atoms with Crippen molar-refractivity contribution in [2.24, 2.45) is 5.92 Å². The predicted molar refractivity (Wildman–Crippen MR) is 148 cm³/mol. The average molecular weight is 580 g/mol. The molecule has 39 heavy (non-hydrogen) atoms. The number of hydrogen-bond acceptors (Lipinski definition) is 8. The van der Waals surface area contributed by atoms with Gasteiger partial charge in [-0.15, -0.1) is 0 Å². The van der Waals surface area contributed by atoms with Crippen LogP contribution in [0.25, 0.3) is 0 Å². The van der Waals surface area contributed by atoms with Crippen molar-refractivity contribution in [2.45, 2.75) is 22.8 Å². The Morgan fingerprint density at radius 2 is 1.69 bits per heavy atom. The van der Waals surface area contributed by atoms with Crippen molar-refractivity contribution in [1.82, 2.24) is 4.98 Å². The van der Waals surface area contributed by atoms with E-state index in [1.807, 2.05) is 30.3 Å². The maximum absolute atomic E-state index is 13.9. The number of ether oxygens (including phenoxy) is 1. The molecule has 0 spiro atoms. The van der Waals surface area contributed by atoms with E-state index in [4.69, 9.17) is 16.3 Å². The second-order valence-corrected chi connectivity index (χ2v) is 11.6. The van der Waals surface area contributed by atoms with Crippen LogP contribution in [-0.4, -0.2) is 27.0 Å². The van der Waals surface area contributed by atoms with E-state index in [0.29, 0.717) is 26.2 Å². The van der Waals surface area contributed by atoms with Crippen molar-refractivity contribution in [3.63, 3.8) is 0 Å². The fourth-order valence-corrected chi connectivity index (χ4v) is 7.57. The highest BCUT2D eigenvalue weighted by molar-refractivity contribution is 8.00. The summed E-state index contributed by atoms with van der Waals surface area (Å²) in [7, 11) is 0. The molecule has 0 radical (unpaired) electrons. The molecule has 0 aliphatic carbocycles. The molecular weight excluding hydrogens is 562 g/mol. The van der Waals surface area contributed by atoms with Crippen molar-refractivity contribution in [2.75, 3.05) is 4.90 Å². The van der Waals surface area contributed by atoms with Gasteiger partial charge in [-0.2, -0.15) is 0 Å². The van der Waals surface area contributed by atoms with Crippen LogP contribution in [-0.2, 0) is 16.2 Å². The number of carbonyl (C=O) groups excluding carboxylic acids is 2. The number of halogens is 1. The Hall–Kier alpha value is -3.93. The van der Waals surface area contributed by atoms with E-state index in [1.165, 1.54) is 24.3 Å². The summed E-state index contributed by atoms with van der Waals surface area (Å²) in [5.41, 5.74) is 1.70. The van der Waals surface area contributed by atoms with Gasteiger partial charge < -0.3 is 9.72 Å². The van der Waals surface area contributed by atoms with Gasteiger partial charge in [-0.05, 0) is 35.9 Å². The number of imide groups is 1. The largest absolute Gasteiger partial charge is 0.489 e. The van der Waals surface area contributed by atoms with Crippen molar-refractivity contribution in [3.8, 4) is 5.75 Å². The lowest BCUT2D eigenvalue weighted by Gasteiger charge is -2.30. The van der Waals surface area contributed by atoms with Crippen LogP contribution in [0.3, 0.4) is 0 Å². The number of carbonyl (C=O) groups is 2. The number of hydrogen-bond donors (Lipinski definition) is 1. The maximum atomic E-state index is 13.9. The molecule has 1 fully saturated rings. The van der Waals surface area contributed by atoms with Gasteiger partial charge in [0.2, 0.25) is 11.8 Å². The Balaban J connectivity index is 1.40. The number of thioether (sulfide) groups is 1. The number of nitro groups is 1. The number of H-pyrrole nitrogens is 1. The van der Waals surface area contributed by atoms with E-state index in [2.05, 4.69) is 4.98 Å². The lowest BCUT2D eigenvalue weighted by Crippen LogP contribution is -2.32. The smallest absolute Gasteiger partial charge is 0.305 e. The zero-order valence-corrected chi connectivity index (χ0v) is 22.3. The second kappa shape index (κ2) is 9.99. The van der Waals surface area contributed by atoms with E-state index >= 15 is 0 Å². The number of fused-ring (bicyclic) bond motifs is 2. The van der Waals surface area contributed by atoms with Gasteiger partial charge in [0, 0.05) is 33.5 Å². The molecule has 12 heteroatoms. The van der Waals surface area contributed by atoms with Crippen molar-refractivity contribution >= 4 is 57.9 Å². The Labute approximate surface area is 234 Å². The highest BCUT2D eigenvalue weighted by atomic mass is 35.5. The first kappa shape index (κ1) is 25.4. The average Bonchev–Trinajstić information content (AvgIpc) is 3.43. The number of benzene rings is 3. The molecule has 3 aromatic carbocycles. The Bertz CT molecular complexity index is 1670. The van der Waals surface area contributed by atoms with Crippen molar-refractivity contribution < 1.29 is 19.2 Å². The third-order valence-corrected chi connectivity index (χ3v) is 9.36. The molecule has 9 nitrogen and oxygen atoms in total. The van der Waals surface area contributed by atoms with Gasteiger partial charge in [0.25, 0.3) is 5.69 Å². The number of para-hydroxylation sites is 1. The number of nitrogens with zero attached hydrogens (tertiary/aromatic N) is 2. The summed E-state index contributed by atoms with van der Waals surface area (Å²) in [5.74, 6) is -1.77. The third-order valence-electron chi connectivity index (χ3n) is 6.70. The fourth-order valence-electron chi connectivity index (χ4n) is 4.94. The van der Waals surface area contributed by atoms with Crippen LogP contribution in [0.1, 0.15) is 21.9 Å². The maximum Gasteiger partial charge on any atom is 0.305 e. The molecule has 0 bridgehead atoms. The van der Waals surface area contributed by atoms with Gasteiger partial charge in [0.05, 0.1) is 21.6 Å². The highest BCUT2D eigenvalue weighted by Crippen LogP contribution is 2.54. The van der Waals surface area contributed by atoms with Crippen molar-refractivity contribution in [1.29, 1.82) is 0 Å². The molecule has 6 rings (SSSR count). The lowest BCUT2D eigenvalue weighted by atomic mass is 9.82. The van der Waals surface area contributed by atoms with E-state index in [1.54, 1.807) is 18.2 Å². The summed E-state index contributed by atoms with van der Waals surface area (Å²) in [6.45, 7) is 0.252. The Morgan fingerprint density at radius 3 is 2.41 bits per heavy atom.